The first-order chi connectivity index (χ1) is 15.6. The number of ether oxygens (including phenoxy) is 4. The van der Waals surface area contributed by atoms with Gasteiger partial charge in [-0.2, -0.15) is 0 Å². The monoisotopic (exact) mass is 482 g/mol. The Morgan fingerprint density at radius 2 is 1.24 bits per heavy atom. The van der Waals surface area contributed by atoms with Gasteiger partial charge in [0.1, 0.15) is 36.6 Å². The van der Waals surface area contributed by atoms with E-state index in [0.29, 0.717) is 6.42 Å². The molecule has 2 fully saturated rings. The van der Waals surface area contributed by atoms with Gasteiger partial charge in [-0.05, 0) is 6.42 Å². The van der Waals surface area contributed by atoms with Gasteiger partial charge in [0.25, 0.3) is 0 Å². The van der Waals surface area contributed by atoms with Crippen LogP contribution < -0.4 is 0 Å². The van der Waals surface area contributed by atoms with E-state index < -0.39 is 73.4 Å². The van der Waals surface area contributed by atoms with E-state index in [1.54, 1.807) is 0 Å². The maximum atomic E-state index is 11.7. The maximum absolute atomic E-state index is 11.7. The summed E-state index contributed by atoms with van der Waals surface area (Å²) in [5, 5.41) is 69.1. The van der Waals surface area contributed by atoms with Crippen LogP contribution in [0.1, 0.15) is 45.4 Å². The summed E-state index contributed by atoms with van der Waals surface area (Å²) in [6.07, 6.45) is -12.8. The lowest BCUT2D eigenvalue weighted by atomic mass is 9.96. The van der Waals surface area contributed by atoms with E-state index in [2.05, 4.69) is 6.92 Å². The summed E-state index contributed by atoms with van der Waals surface area (Å²) in [7, 11) is 0. The van der Waals surface area contributed by atoms with Crippen LogP contribution in [-0.4, -0.2) is 116 Å². The molecule has 0 aliphatic carbocycles. The summed E-state index contributed by atoms with van der Waals surface area (Å²) in [4.78, 5) is 22.9. The number of rotatable bonds is 12. The highest BCUT2D eigenvalue weighted by Gasteiger charge is 2.53. The van der Waals surface area contributed by atoms with Gasteiger partial charge in [-0.3, -0.25) is 0 Å². The van der Waals surface area contributed by atoms with Gasteiger partial charge in [0.15, 0.2) is 24.8 Å². The Hall–Kier alpha value is -1.42. The molecule has 2 aliphatic rings. The van der Waals surface area contributed by atoms with Crippen LogP contribution in [0.15, 0.2) is 0 Å². The Labute approximate surface area is 190 Å². The number of carboxylic acid groups (broad SMARTS) is 2. The lowest BCUT2D eigenvalue weighted by Crippen LogP contribution is -2.65. The van der Waals surface area contributed by atoms with Gasteiger partial charge in [0.2, 0.25) is 0 Å². The number of carboxylic acids is 2. The zero-order valence-electron chi connectivity index (χ0n) is 18.3. The van der Waals surface area contributed by atoms with Crippen LogP contribution in [0.4, 0.5) is 0 Å². The molecule has 192 valence electrons. The molecule has 0 unspecified atom stereocenters. The molecule has 0 aromatic rings. The van der Waals surface area contributed by atoms with Crippen LogP contribution in [0.2, 0.25) is 0 Å². The number of hydrogen-bond acceptors (Lipinski definition) is 11. The molecule has 0 aromatic heterocycles. The third kappa shape index (κ3) is 7.04. The summed E-state index contributed by atoms with van der Waals surface area (Å²) >= 11 is 0. The quantitative estimate of drug-likeness (QED) is 0.153. The lowest BCUT2D eigenvalue weighted by molar-refractivity contribution is -0.350. The molecule has 7 N–H and O–H groups in total. The highest BCUT2D eigenvalue weighted by Crippen LogP contribution is 2.30. The van der Waals surface area contributed by atoms with Gasteiger partial charge in [-0.15, -0.1) is 0 Å². The zero-order chi connectivity index (χ0) is 24.7. The molecule has 0 aromatic carbocycles. The number of hydrogen-bond donors (Lipinski definition) is 7. The first-order valence-corrected chi connectivity index (χ1v) is 11.0. The largest absolute Gasteiger partial charge is 0.479 e. The van der Waals surface area contributed by atoms with Crippen molar-refractivity contribution in [3.63, 3.8) is 0 Å². The van der Waals surface area contributed by atoms with Gasteiger partial charge in [-0.25, -0.2) is 9.59 Å². The summed E-state index contributed by atoms with van der Waals surface area (Å²) in [5.74, 6) is -3.25. The first-order valence-electron chi connectivity index (χ1n) is 11.0. The fourth-order valence-electron chi connectivity index (χ4n) is 3.73. The molecule has 2 heterocycles. The second-order valence-corrected chi connectivity index (χ2v) is 8.22. The van der Waals surface area contributed by atoms with Crippen LogP contribution in [0.25, 0.3) is 0 Å². The summed E-state index contributed by atoms with van der Waals surface area (Å²) in [6.45, 7) is 2.26. The molecule has 2 rings (SSSR count). The van der Waals surface area contributed by atoms with Crippen molar-refractivity contribution >= 4 is 11.9 Å². The number of aliphatic carboxylic acids is 2. The van der Waals surface area contributed by atoms with Gasteiger partial charge >= 0.3 is 11.9 Å². The van der Waals surface area contributed by atoms with Crippen molar-refractivity contribution in [2.45, 2.75) is 107 Å². The van der Waals surface area contributed by atoms with Crippen molar-refractivity contribution in [2.24, 2.45) is 0 Å². The molecule has 13 nitrogen and oxygen atoms in total. The molecule has 2 saturated heterocycles. The van der Waals surface area contributed by atoms with Crippen molar-refractivity contribution in [1.29, 1.82) is 0 Å². The molecular formula is C20H34O13. The van der Waals surface area contributed by atoms with E-state index >= 15 is 0 Å². The molecule has 2 aliphatic heterocycles. The minimum Gasteiger partial charge on any atom is -0.479 e. The van der Waals surface area contributed by atoms with E-state index in [-0.39, 0.29) is 6.61 Å². The molecule has 0 bridgehead atoms. The van der Waals surface area contributed by atoms with Gasteiger partial charge < -0.3 is 54.7 Å². The number of aliphatic hydroxyl groups is 5. The van der Waals surface area contributed by atoms with Crippen molar-refractivity contribution in [2.75, 3.05) is 6.61 Å². The third-order valence-corrected chi connectivity index (χ3v) is 5.67. The van der Waals surface area contributed by atoms with E-state index in [0.717, 1.165) is 32.1 Å². The Kier molecular flexibility index (Phi) is 10.9. The molecular weight excluding hydrogens is 448 g/mol. The lowest BCUT2D eigenvalue weighted by Gasteiger charge is -2.44. The number of carbonyl (C=O) groups is 2. The predicted octanol–water partition coefficient (Wildman–Crippen LogP) is -1.83. The van der Waals surface area contributed by atoms with Crippen LogP contribution in [-0.2, 0) is 28.5 Å². The smallest absolute Gasteiger partial charge is 0.335 e. The van der Waals surface area contributed by atoms with Crippen LogP contribution >= 0.6 is 0 Å². The van der Waals surface area contributed by atoms with Gasteiger partial charge in [0.05, 0.1) is 0 Å². The highest BCUT2D eigenvalue weighted by atomic mass is 16.7. The first kappa shape index (κ1) is 27.8. The second kappa shape index (κ2) is 12.9. The molecule has 10 atom stereocenters. The minimum atomic E-state index is -1.99. The summed E-state index contributed by atoms with van der Waals surface area (Å²) in [5.41, 5.74) is 0. The Bertz CT molecular complexity index is 631. The predicted molar refractivity (Wildman–Crippen MR) is 107 cm³/mol. The molecule has 0 radical (unpaired) electrons. The Morgan fingerprint density at radius 1 is 0.697 bits per heavy atom. The van der Waals surface area contributed by atoms with Crippen LogP contribution in [0.5, 0.6) is 0 Å². The van der Waals surface area contributed by atoms with Crippen LogP contribution in [0, 0.1) is 0 Å². The SMILES string of the molecule is CCCCCCCCO[C@@H]1O[C@H](C(=O)O)[C@H](O[C@@H]2O[C@H](C(=O)O)[C@@H](O)[C@H](O)[C@H]2O)[C@H](O)[C@H]1O. The van der Waals surface area contributed by atoms with E-state index in [4.69, 9.17) is 24.1 Å². The maximum Gasteiger partial charge on any atom is 0.335 e. The Morgan fingerprint density at radius 3 is 1.85 bits per heavy atom. The Balaban J connectivity index is 2.00. The standard InChI is InChI=1S/C20H34O13/c1-2-3-4-5-6-7-8-30-19-13(25)11(23)14(16(33-19)18(28)29)31-20-12(24)9(21)10(22)15(32-20)17(26)27/h9-16,19-25H,2-8H2,1H3,(H,26,27)(H,28,29)/t9-,10-,11+,12+,13+,14+,15-,16-,19+,20+/m0/s1. The van der Waals surface area contributed by atoms with E-state index in [1.807, 2.05) is 0 Å². The normalized spacial score (nSPS) is 39.3. The van der Waals surface area contributed by atoms with Crippen molar-refractivity contribution in [3.8, 4) is 0 Å². The average molecular weight is 482 g/mol. The zero-order valence-corrected chi connectivity index (χ0v) is 18.3. The van der Waals surface area contributed by atoms with Gasteiger partial charge in [0, 0.05) is 6.61 Å². The van der Waals surface area contributed by atoms with Crippen LogP contribution in [0.3, 0.4) is 0 Å². The molecule has 0 spiro atoms. The second-order valence-electron chi connectivity index (χ2n) is 8.22. The third-order valence-electron chi connectivity index (χ3n) is 5.67. The fourth-order valence-corrected chi connectivity index (χ4v) is 3.73. The average Bonchev–Trinajstić information content (AvgIpc) is 2.77. The molecule has 0 saturated carbocycles. The van der Waals surface area contributed by atoms with Crippen molar-refractivity contribution in [1.82, 2.24) is 0 Å². The molecule has 13 heteroatoms. The molecule has 0 amide bonds. The van der Waals surface area contributed by atoms with E-state index in [1.165, 1.54) is 0 Å². The highest BCUT2D eigenvalue weighted by molar-refractivity contribution is 5.74. The summed E-state index contributed by atoms with van der Waals surface area (Å²) in [6, 6.07) is 0. The fraction of sp³-hybridized carbons (Fsp3) is 0.900. The topological polar surface area (TPSA) is 213 Å². The van der Waals surface area contributed by atoms with E-state index in [9.17, 15) is 40.2 Å². The molecule has 33 heavy (non-hydrogen) atoms. The number of unbranched alkanes of at least 4 members (excludes halogenated alkanes) is 5. The summed E-state index contributed by atoms with van der Waals surface area (Å²) < 4.78 is 20.9. The van der Waals surface area contributed by atoms with Crippen molar-refractivity contribution in [3.05, 3.63) is 0 Å². The van der Waals surface area contributed by atoms with Gasteiger partial charge in [-0.1, -0.05) is 39.0 Å². The number of aliphatic hydroxyl groups excluding tert-OH is 5. The minimum absolute atomic E-state index is 0.160. The van der Waals surface area contributed by atoms with Crippen molar-refractivity contribution < 1.29 is 64.3 Å².